The fourth-order valence-electron chi connectivity index (χ4n) is 3.76. The van der Waals surface area contributed by atoms with Crippen LogP contribution in [0.5, 0.6) is 0 Å². The second-order valence-corrected chi connectivity index (χ2v) is 8.23. The number of aromatic nitrogens is 3. The van der Waals surface area contributed by atoms with E-state index < -0.39 is 11.6 Å². The highest BCUT2D eigenvalue weighted by atomic mass is 19.2. The molecule has 0 saturated carbocycles. The molecule has 0 radical (unpaired) electrons. The summed E-state index contributed by atoms with van der Waals surface area (Å²) >= 11 is 0. The number of hydrogen-bond donors (Lipinski definition) is 1. The molecule has 5 rings (SSSR count). The molecular weight excluding hydrogens is 426 g/mol. The van der Waals surface area contributed by atoms with Crippen LogP contribution in [0.1, 0.15) is 22.7 Å². The van der Waals surface area contributed by atoms with Gasteiger partial charge in [-0.3, -0.25) is 5.01 Å². The van der Waals surface area contributed by atoms with Crippen LogP contribution in [-0.2, 0) is 19.6 Å². The maximum absolute atomic E-state index is 14.1. The summed E-state index contributed by atoms with van der Waals surface area (Å²) in [7, 11) is 4.07. The summed E-state index contributed by atoms with van der Waals surface area (Å²) in [6, 6.07) is 14.1. The fraction of sp³-hybridized carbons (Fsp3) is 0.208. The number of nitrogens with zero attached hydrogens (tertiary/aromatic N) is 5. The van der Waals surface area contributed by atoms with Crippen molar-refractivity contribution in [3.05, 3.63) is 82.9 Å². The lowest BCUT2D eigenvalue weighted by molar-refractivity contribution is 0.229. The first-order valence-corrected chi connectivity index (χ1v) is 10.5. The zero-order valence-corrected chi connectivity index (χ0v) is 18.2. The topological polar surface area (TPSA) is 73.5 Å². The van der Waals surface area contributed by atoms with E-state index in [1.165, 1.54) is 17.7 Å². The lowest BCUT2D eigenvalue weighted by Crippen LogP contribution is -2.21. The Morgan fingerprint density at radius 2 is 1.94 bits per heavy atom. The van der Waals surface area contributed by atoms with Crippen molar-refractivity contribution in [2.75, 3.05) is 14.1 Å². The van der Waals surface area contributed by atoms with E-state index in [0.717, 1.165) is 23.9 Å². The van der Waals surface area contributed by atoms with Crippen LogP contribution in [0, 0.1) is 11.6 Å². The van der Waals surface area contributed by atoms with Crippen LogP contribution >= 0.6 is 0 Å². The number of hydrogen-bond acceptors (Lipinski definition) is 6. The number of imidazole rings is 1. The van der Waals surface area contributed by atoms with Crippen LogP contribution in [0.2, 0.25) is 0 Å². The van der Waals surface area contributed by atoms with Crippen molar-refractivity contribution >= 4 is 6.21 Å². The van der Waals surface area contributed by atoms with Gasteiger partial charge in [0.05, 0.1) is 36.3 Å². The lowest BCUT2D eigenvalue weighted by atomic mass is 10.1. The smallest absolute Gasteiger partial charge is 0.169 e. The Kier molecular flexibility index (Phi) is 5.47. The summed E-state index contributed by atoms with van der Waals surface area (Å²) in [6.45, 7) is 1.67. The second-order valence-electron chi connectivity index (χ2n) is 8.23. The Morgan fingerprint density at radius 3 is 2.73 bits per heavy atom. The molecule has 2 aromatic carbocycles. The van der Waals surface area contributed by atoms with E-state index in [0.29, 0.717) is 30.2 Å². The van der Waals surface area contributed by atoms with E-state index in [2.05, 4.69) is 37.3 Å². The van der Waals surface area contributed by atoms with Gasteiger partial charge in [-0.25, -0.2) is 13.8 Å². The Balaban J connectivity index is 1.28. The third kappa shape index (κ3) is 4.40. The predicted molar refractivity (Wildman–Crippen MR) is 120 cm³/mol. The van der Waals surface area contributed by atoms with Crippen molar-refractivity contribution in [3.63, 3.8) is 0 Å². The molecule has 168 valence electrons. The normalized spacial score (nSPS) is 13.1. The van der Waals surface area contributed by atoms with E-state index in [9.17, 15) is 8.78 Å². The minimum Gasteiger partial charge on any atom is -0.359 e. The number of rotatable bonds is 6. The minimum atomic E-state index is -0.929. The first kappa shape index (κ1) is 21.0. The molecular formula is C24H22F2N6O. The van der Waals surface area contributed by atoms with Gasteiger partial charge in [0.2, 0.25) is 0 Å². The molecule has 33 heavy (non-hydrogen) atoms. The van der Waals surface area contributed by atoms with Crippen molar-refractivity contribution in [1.82, 2.24) is 25.0 Å². The monoisotopic (exact) mass is 448 g/mol. The molecule has 0 saturated heterocycles. The zero-order chi connectivity index (χ0) is 22.9. The molecule has 0 fully saturated rings. The Labute approximate surface area is 189 Å². The van der Waals surface area contributed by atoms with Crippen molar-refractivity contribution in [2.24, 2.45) is 5.10 Å². The van der Waals surface area contributed by atoms with Crippen molar-refractivity contribution in [3.8, 4) is 22.6 Å². The molecule has 0 unspecified atom stereocenters. The number of nitrogens with one attached hydrogen (secondary N) is 1. The van der Waals surface area contributed by atoms with Crippen LogP contribution in [0.4, 0.5) is 8.78 Å². The van der Waals surface area contributed by atoms with Crippen molar-refractivity contribution < 1.29 is 13.3 Å². The summed E-state index contributed by atoms with van der Waals surface area (Å²) in [4.78, 5) is 9.58. The molecule has 0 bridgehead atoms. The number of benzene rings is 2. The summed E-state index contributed by atoms with van der Waals surface area (Å²) in [5.74, 6) is -0.910. The number of fused-ring (bicyclic) bond motifs is 1. The lowest BCUT2D eigenvalue weighted by Gasteiger charge is -2.19. The molecule has 1 N–H and O–H groups in total. The quantitative estimate of drug-likeness (QED) is 0.473. The van der Waals surface area contributed by atoms with Crippen LogP contribution < -0.4 is 0 Å². The van der Waals surface area contributed by atoms with E-state index in [1.807, 2.05) is 32.3 Å². The van der Waals surface area contributed by atoms with Crippen molar-refractivity contribution in [1.29, 1.82) is 0 Å². The highest BCUT2D eigenvalue weighted by Gasteiger charge is 2.21. The van der Waals surface area contributed by atoms with E-state index in [4.69, 9.17) is 4.52 Å². The van der Waals surface area contributed by atoms with Gasteiger partial charge in [0.1, 0.15) is 11.5 Å². The van der Waals surface area contributed by atoms with E-state index >= 15 is 0 Å². The molecule has 0 aliphatic carbocycles. The van der Waals surface area contributed by atoms with Gasteiger partial charge in [-0.2, -0.15) is 5.10 Å². The van der Waals surface area contributed by atoms with E-state index in [-0.39, 0.29) is 11.4 Å². The Hall–Kier alpha value is -3.85. The first-order chi connectivity index (χ1) is 16.0. The molecule has 1 aliphatic heterocycles. The summed E-state index contributed by atoms with van der Waals surface area (Å²) in [6.07, 6.45) is 1.62. The Morgan fingerprint density at radius 1 is 1.12 bits per heavy atom. The first-order valence-electron chi connectivity index (χ1n) is 10.5. The standard InChI is InChI=1S/C24H22F2N6O/c1-31(2)12-15-6-8-16(9-7-15)20-10-17(33-30-20)13-32-14-22-21(11-27-32)28-24(29-22)18-4-3-5-19(25)23(18)26/h3-11H,12-14H2,1-2H3,(H,28,29). The Bertz CT molecular complexity index is 1310. The highest BCUT2D eigenvalue weighted by Crippen LogP contribution is 2.26. The average Bonchev–Trinajstić information content (AvgIpc) is 3.42. The molecule has 0 atom stereocenters. The van der Waals surface area contributed by atoms with Gasteiger partial charge < -0.3 is 14.4 Å². The molecule has 3 heterocycles. The fourth-order valence-corrected chi connectivity index (χ4v) is 3.76. The molecule has 2 aromatic heterocycles. The SMILES string of the molecule is CN(C)Cc1ccc(-c2cc(CN3Cc4nc(-c5cccc(F)c5F)[nH]c4C=N3)on2)cc1. The summed E-state index contributed by atoms with van der Waals surface area (Å²) in [5.41, 5.74) is 4.40. The van der Waals surface area contributed by atoms with E-state index in [1.54, 1.807) is 11.2 Å². The third-order valence-corrected chi connectivity index (χ3v) is 5.35. The summed E-state index contributed by atoms with van der Waals surface area (Å²) in [5, 5.41) is 10.4. The van der Waals surface area contributed by atoms with Gasteiger partial charge in [-0.15, -0.1) is 0 Å². The second kappa shape index (κ2) is 8.59. The van der Waals surface area contributed by atoms with Crippen LogP contribution in [0.15, 0.2) is 58.2 Å². The molecule has 1 aliphatic rings. The summed E-state index contributed by atoms with van der Waals surface area (Å²) < 4.78 is 33.2. The zero-order valence-electron chi connectivity index (χ0n) is 18.2. The molecule has 0 spiro atoms. The van der Waals surface area contributed by atoms with Crippen LogP contribution in [0.3, 0.4) is 0 Å². The van der Waals surface area contributed by atoms with Gasteiger partial charge in [-0.1, -0.05) is 35.5 Å². The van der Waals surface area contributed by atoms with Gasteiger partial charge in [-0.05, 0) is 31.8 Å². The maximum atomic E-state index is 14.1. The van der Waals surface area contributed by atoms with Gasteiger partial charge in [0, 0.05) is 18.2 Å². The highest BCUT2D eigenvalue weighted by molar-refractivity contribution is 5.80. The van der Waals surface area contributed by atoms with Gasteiger partial charge in [0.15, 0.2) is 17.4 Å². The molecule has 0 amide bonds. The largest absolute Gasteiger partial charge is 0.359 e. The molecule has 7 nitrogen and oxygen atoms in total. The molecule has 9 heteroatoms. The maximum Gasteiger partial charge on any atom is 0.169 e. The van der Waals surface area contributed by atoms with Crippen LogP contribution in [0.25, 0.3) is 22.6 Å². The van der Waals surface area contributed by atoms with Gasteiger partial charge in [0.25, 0.3) is 0 Å². The number of halogens is 2. The predicted octanol–water partition coefficient (Wildman–Crippen LogP) is 4.42. The van der Waals surface area contributed by atoms with Crippen LogP contribution in [-0.4, -0.2) is 45.3 Å². The number of hydrazone groups is 1. The molecule has 4 aromatic rings. The van der Waals surface area contributed by atoms with Gasteiger partial charge >= 0.3 is 0 Å². The number of H-pyrrole nitrogens is 1. The average molecular weight is 448 g/mol. The third-order valence-electron chi connectivity index (χ3n) is 5.35. The number of aromatic amines is 1. The van der Waals surface area contributed by atoms with Crippen molar-refractivity contribution in [2.45, 2.75) is 19.6 Å². The minimum absolute atomic E-state index is 0.0841.